The van der Waals surface area contributed by atoms with Crippen molar-refractivity contribution in [3.05, 3.63) is 33.8 Å². The Balaban J connectivity index is 0.00000144. The van der Waals surface area contributed by atoms with E-state index in [0.29, 0.717) is 6.42 Å². The van der Waals surface area contributed by atoms with Gasteiger partial charge in [0.2, 0.25) is 0 Å². The number of hydrogen-bond acceptors (Lipinski definition) is 2. The number of likely N-dealkylation sites (N-methyl/N-ethyl adjacent to an activating group) is 1. The van der Waals surface area contributed by atoms with Crippen LogP contribution >= 0.6 is 28.3 Å². The third kappa shape index (κ3) is 3.16. The Morgan fingerprint density at radius 1 is 1.47 bits per heavy atom. The van der Waals surface area contributed by atoms with Crippen molar-refractivity contribution in [2.75, 3.05) is 7.05 Å². The quantitative estimate of drug-likeness (QED) is 0.919. The maximum Gasteiger partial charge on any atom is 0.345 e. The summed E-state index contributed by atoms with van der Waals surface area (Å²) in [6, 6.07) is 5.65. The molecule has 6 heteroatoms. The number of fused-ring (bicyclic) bond motifs is 1. The molecule has 0 saturated carbocycles. The summed E-state index contributed by atoms with van der Waals surface area (Å²) in [6.45, 7) is -2.72. The number of hydrogen-bond donors (Lipinski definition) is 1. The normalized spacial score (nSPS) is 22.4. The van der Waals surface area contributed by atoms with Crippen LogP contribution in [0.1, 0.15) is 17.2 Å². The smallest absolute Gasteiger partial charge is 0.317 e. The summed E-state index contributed by atoms with van der Waals surface area (Å²) in [7, 11) is 1.75. The van der Waals surface area contributed by atoms with Crippen LogP contribution in [0.25, 0.3) is 0 Å². The molecule has 0 bridgehead atoms. The van der Waals surface area contributed by atoms with E-state index in [2.05, 4.69) is 26.0 Å². The molecule has 0 amide bonds. The van der Waals surface area contributed by atoms with Crippen LogP contribution in [0.3, 0.4) is 0 Å². The number of ether oxygens (including phenoxy) is 1. The molecule has 0 aromatic heterocycles. The van der Waals surface area contributed by atoms with E-state index in [9.17, 15) is 8.78 Å². The topological polar surface area (TPSA) is 21.3 Å². The van der Waals surface area contributed by atoms with Gasteiger partial charge in [0.25, 0.3) is 0 Å². The van der Waals surface area contributed by atoms with Gasteiger partial charge in [-0.2, -0.15) is 8.78 Å². The zero-order chi connectivity index (χ0) is 11.7. The van der Waals surface area contributed by atoms with Crippen LogP contribution in [-0.2, 0) is 11.2 Å². The third-order valence-electron chi connectivity index (χ3n) is 2.82. The first kappa shape index (κ1) is 14.8. The van der Waals surface area contributed by atoms with Crippen LogP contribution in [0, 0.1) is 0 Å². The largest absolute Gasteiger partial charge is 0.345 e. The Kier molecular flexibility index (Phi) is 5.31. The van der Waals surface area contributed by atoms with E-state index < -0.39 is 12.7 Å². The molecule has 2 atom stereocenters. The Bertz CT molecular complexity index is 392. The fourth-order valence-electron chi connectivity index (χ4n) is 2.19. The molecule has 0 aliphatic heterocycles. The van der Waals surface area contributed by atoms with Crippen LogP contribution in [0.5, 0.6) is 0 Å². The summed E-state index contributed by atoms with van der Waals surface area (Å²) < 4.78 is 30.1. The van der Waals surface area contributed by atoms with E-state index in [1.54, 1.807) is 7.05 Å². The molecule has 1 aliphatic carbocycles. The van der Waals surface area contributed by atoms with Gasteiger partial charge in [-0.25, -0.2) is 0 Å². The summed E-state index contributed by atoms with van der Waals surface area (Å²) in [5.74, 6) is 0. The highest BCUT2D eigenvalue weighted by Gasteiger charge is 2.33. The molecule has 1 aromatic carbocycles. The predicted octanol–water partition coefficient (Wildman–Crippen LogP) is 3.30. The molecule has 0 heterocycles. The average Bonchev–Trinajstić information content (AvgIpc) is 2.52. The zero-order valence-electron chi connectivity index (χ0n) is 9.12. The molecule has 0 spiro atoms. The van der Waals surface area contributed by atoms with E-state index in [-0.39, 0.29) is 18.4 Å². The minimum atomic E-state index is -2.72. The predicted molar refractivity (Wildman–Crippen MR) is 67.8 cm³/mol. The van der Waals surface area contributed by atoms with Gasteiger partial charge in [0.1, 0.15) is 0 Å². The molecule has 0 saturated heterocycles. The first-order chi connectivity index (χ1) is 7.61. The monoisotopic (exact) mass is 327 g/mol. The molecular weight excluding hydrogens is 315 g/mol. The Morgan fingerprint density at radius 2 is 2.18 bits per heavy atom. The average molecular weight is 329 g/mol. The van der Waals surface area contributed by atoms with Crippen molar-refractivity contribution in [2.45, 2.75) is 25.2 Å². The highest BCUT2D eigenvalue weighted by molar-refractivity contribution is 9.10. The van der Waals surface area contributed by atoms with Gasteiger partial charge < -0.3 is 10.1 Å². The van der Waals surface area contributed by atoms with Crippen LogP contribution in [0.4, 0.5) is 8.78 Å². The number of benzene rings is 1. The van der Waals surface area contributed by atoms with Crippen LogP contribution in [0.15, 0.2) is 22.7 Å². The lowest BCUT2D eigenvalue weighted by atomic mass is 10.1. The van der Waals surface area contributed by atoms with Gasteiger partial charge in [-0.1, -0.05) is 22.0 Å². The first-order valence-electron chi connectivity index (χ1n) is 5.01. The number of rotatable bonds is 3. The summed E-state index contributed by atoms with van der Waals surface area (Å²) in [4.78, 5) is 0. The standard InChI is InChI=1S/C11H12BrF2NO.ClH/c1-15-10-8-3-2-7(12)4-6(8)5-9(10)16-11(13)14;/h2-4,9-11,15H,5H2,1H3;1H/t9-,10+;/m1./s1. The zero-order valence-corrected chi connectivity index (χ0v) is 11.5. The van der Waals surface area contributed by atoms with Crippen LogP contribution in [-0.4, -0.2) is 19.8 Å². The lowest BCUT2D eigenvalue weighted by molar-refractivity contribution is -0.167. The van der Waals surface area contributed by atoms with Crippen LogP contribution < -0.4 is 5.32 Å². The van der Waals surface area contributed by atoms with Gasteiger partial charge in [-0.3, -0.25) is 0 Å². The van der Waals surface area contributed by atoms with Crippen molar-refractivity contribution < 1.29 is 13.5 Å². The second-order valence-corrected chi connectivity index (χ2v) is 4.66. The van der Waals surface area contributed by atoms with Gasteiger partial charge >= 0.3 is 6.61 Å². The van der Waals surface area contributed by atoms with E-state index in [1.165, 1.54) is 0 Å². The molecule has 17 heavy (non-hydrogen) atoms. The number of alkyl halides is 2. The highest BCUT2D eigenvalue weighted by atomic mass is 79.9. The second-order valence-electron chi connectivity index (χ2n) is 3.75. The fraction of sp³-hybridized carbons (Fsp3) is 0.455. The van der Waals surface area contributed by atoms with Gasteiger partial charge in [-0.15, -0.1) is 12.4 Å². The van der Waals surface area contributed by atoms with Crippen molar-refractivity contribution in [3.63, 3.8) is 0 Å². The lowest BCUT2D eigenvalue weighted by Crippen LogP contribution is -2.29. The van der Waals surface area contributed by atoms with Crippen molar-refractivity contribution in [3.8, 4) is 0 Å². The van der Waals surface area contributed by atoms with E-state index in [0.717, 1.165) is 15.6 Å². The van der Waals surface area contributed by atoms with Gasteiger partial charge in [0.15, 0.2) is 0 Å². The summed E-state index contributed by atoms with van der Waals surface area (Å²) >= 11 is 3.37. The molecular formula is C11H13BrClF2NO. The lowest BCUT2D eigenvalue weighted by Gasteiger charge is -2.19. The van der Waals surface area contributed by atoms with Crippen molar-refractivity contribution in [1.82, 2.24) is 5.32 Å². The summed E-state index contributed by atoms with van der Waals surface area (Å²) in [5.41, 5.74) is 2.09. The van der Waals surface area contributed by atoms with Crippen molar-refractivity contribution >= 4 is 28.3 Å². The molecule has 0 radical (unpaired) electrons. The molecule has 1 aromatic rings. The number of halogens is 4. The molecule has 0 unspecified atom stereocenters. The van der Waals surface area contributed by atoms with Gasteiger partial charge in [-0.05, 0) is 30.3 Å². The first-order valence-corrected chi connectivity index (χ1v) is 5.80. The maximum atomic E-state index is 12.2. The Morgan fingerprint density at radius 3 is 2.76 bits per heavy atom. The molecule has 0 fully saturated rings. The summed E-state index contributed by atoms with van der Waals surface area (Å²) in [5, 5.41) is 3.02. The van der Waals surface area contributed by atoms with E-state index in [4.69, 9.17) is 0 Å². The Hall–Kier alpha value is -0.230. The molecule has 2 rings (SSSR count). The van der Waals surface area contributed by atoms with Crippen molar-refractivity contribution in [1.29, 1.82) is 0 Å². The van der Waals surface area contributed by atoms with Crippen LogP contribution in [0.2, 0.25) is 0 Å². The van der Waals surface area contributed by atoms with E-state index in [1.807, 2.05) is 18.2 Å². The highest BCUT2D eigenvalue weighted by Crippen LogP contribution is 2.35. The molecule has 1 N–H and O–H groups in total. The fourth-order valence-corrected chi connectivity index (χ4v) is 2.60. The molecule has 1 aliphatic rings. The molecule has 96 valence electrons. The summed E-state index contributed by atoms with van der Waals surface area (Å²) in [6.07, 6.45) is 0.0271. The number of nitrogens with one attached hydrogen (secondary N) is 1. The molecule has 2 nitrogen and oxygen atoms in total. The van der Waals surface area contributed by atoms with Gasteiger partial charge in [0, 0.05) is 10.9 Å². The second kappa shape index (κ2) is 6.09. The van der Waals surface area contributed by atoms with Gasteiger partial charge in [0.05, 0.1) is 12.1 Å². The minimum absolute atomic E-state index is 0. The van der Waals surface area contributed by atoms with E-state index >= 15 is 0 Å². The third-order valence-corrected chi connectivity index (χ3v) is 3.31. The van der Waals surface area contributed by atoms with Crippen molar-refractivity contribution in [2.24, 2.45) is 0 Å². The SMILES string of the molecule is CN[C@H]1c2ccc(Br)cc2C[C@H]1OC(F)F.Cl. The minimum Gasteiger partial charge on any atom is -0.317 e. The Labute approximate surface area is 113 Å². The maximum absolute atomic E-state index is 12.2.